The van der Waals surface area contributed by atoms with Crippen LogP contribution in [0.1, 0.15) is 52.9 Å². The van der Waals surface area contributed by atoms with Crippen molar-refractivity contribution >= 4 is 15.7 Å². The van der Waals surface area contributed by atoms with Gasteiger partial charge in [0.05, 0.1) is 11.4 Å². The van der Waals surface area contributed by atoms with Crippen LogP contribution in [0.25, 0.3) is 0 Å². The first-order valence-electron chi connectivity index (χ1n) is 8.26. The first kappa shape index (κ1) is 13.5. The van der Waals surface area contributed by atoms with Gasteiger partial charge in [-0.1, -0.05) is 31.4 Å². The van der Waals surface area contributed by atoms with Crippen LogP contribution >= 0.6 is 0 Å². The number of hydrogen-bond donors (Lipinski definition) is 3. The number of benzene rings is 1. The molecule has 0 aliphatic heterocycles. The Morgan fingerprint density at radius 1 is 1.38 bits per heavy atom. The number of anilines is 1. The van der Waals surface area contributed by atoms with E-state index >= 15 is 0 Å². The van der Waals surface area contributed by atoms with Crippen LogP contribution in [-0.4, -0.2) is 25.3 Å². The third-order valence-corrected chi connectivity index (χ3v) is 5.70. The van der Waals surface area contributed by atoms with E-state index in [0.717, 1.165) is 19.3 Å². The van der Waals surface area contributed by atoms with Gasteiger partial charge in [0.2, 0.25) is 10.0 Å². The van der Waals surface area contributed by atoms with Crippen molar-refractivity contribution in [3.8, 4) is 0 Å². The lowest BCUT2D eigenvalue weighted by Gasteiger charge is -2.22. The minimum atomic E-state index is -3.44. The lowest BCUT2D eigenvalue weighted by Crippen LogP contribution is -2.29. The molecule has 1 fully saturated rings. The predicted molar refractivity (Wildman–Crippen MR) is 84.5 cm³/mol. The van der Waals surface area contributed by atoms with Gasteiger partial charge in [-0.3, -0.25) is 4.72 Å². The first-order valence-corrected chi connectivity index (χ1v) is 8.80. The number of aliphatic hydroxyl groups excluding tert-OH is 1. The summed E-state index contributed by atoms with van der Waals surface area (Å²) in [5.41, 5.74) is 6.09. The van der Waals surface area contributed by atoms with E-state index in [2.05, 4.69) is 4.72 Å². The maximum absolute atomic E-state index is 12.4. The average Bonchev–Trinajstić information content (AvgIpc) is 2.46. The lowest BCUT2D eigenvalue weighted by atomic mass is 10.0. The zero-order valence-electron chi connectivity index (χ0n) is 14.0. The fraction of sp³-hybridized carbons (Fsp3) is 0.600. The minimum Gasteiger partial charge on any atom is -0.388 e. The van der Waals surface area contributed by atoms with E-state index in [1.54, 1.807) is 18.2 Å². The molecule has 5 nitrogen and oxygen atoms in total. The van der Waals surface area contributed by atoms with Gasteiger partial charge in [-0.25, -0.2) is 8.42 Å². The molecular formula is C15H24N2O3S. The Hall–Kier alpha value is -1.11. The van der Waals surface area contributed by atoms with Gasteiger partial charge in [-0.2, -0.15) is 0 Å². The number of hydrogen-bond acceptors (Lipinski definition) is 4. The molecule has 118 valence electrons. The number of aliphatic hydroxyl groups is 1. The Bertz CT molecular complexity index is 626. The predicted octanol–water partition coefficient (Wildman–Crippen LogP) is 2.14. The number of sulfonamides is 1. The second-order valence-electron chi connectivity index (χ2n) is 5.46. The smallest absolute Gasteiger partial charge is 0.235 e. The molecule has 1 aliphatic carbocycles. The molecule has 0 heterocycles. The Kier molecular flexibility index (Phi) is 4.67. The maximum Gasteiger partial charge on any atom is 0.235 e. The van der Waals surface area contributed by atoms with Gasteiger partial charge in [-0.15, -0.1) is 0 Å². The highest BCUT2D eigenvalue weighted by Gasteiger charge is 2.27. The van der Waals surface area contributed by atoms with Crippen molar-refractivity contribution in [2.24, 2.45) is 5.73 Å². The van der Waals surface area contributed by atoms with Crippen LogP contribution in [0, 0.1) is 0 Å². The lowest BCUT2D eigenvalue weighted by molar-refractivity contribution is 0.170. The summed E-state index contributed by atoms with van der Waals surface area (Å²) < 4.78 is 42.0. The van der Waals surface area contributed by atoms with Gasteiger partial charge < -0.3 is 10.8 Å². The summed E-state index contributed by atoms with van der Waals surface area (Å²) in [6, 6.07) is 6.39. The van der Waals surface area contributed by atoms with Crippen molar-refractivity contribution in [2.45, 2.75) is 49.9 Å². The van der Waals surface area contributed by atoms with E-state index in [9.17, 15) is 13.5 Å². The van der Waals surface area contributed by atoms with Crippen molar-refractivity contribution in [1.82, 2.24) is 0 Å². The molecule has 1 aliphatic rings. The van der Waals surface area contributed by atoms with Crippen molar-refractivity contribution in [3.05, 3.63) is 29.8 Å². The largest absolute Gasteiger partial charge is 0.388 e. The third kappa shape index (κ3) is 4.43. The summed E-state index contributed by atoms with van der Waals surface area (Å²) in [5, 5.41) is 9.66. The van der Waals surface area contributed by atoms with Crippen molar-refractivity contribution in [3.63, 3.8) is 0 Å². The van der Waals surface area contributed by atoms with E-state index in [-0.39, 0.29) is 11.7 Å². The molecule has 6 heteroatoms. The van der Waals surface area contributed by atoms with Crippen molar-refractivity contribution in [1.29, 1.82) is 0 Å². The molecule has 1 aromatic rings. The zero-order chi connectivity index (χ0) is 17.1. The molecule has 0 saturated heterocycles. The Labute approximate surface area is 129 Å². The van der Waals surface area contributed by atoms with Crippen molar-refractivity contribution in [2.75, 3.05) is 11.2 Å². The Balaban J connectivity index is 2.10. The molecule has 0 bridgehead atoms. The van der Waals surface area contributed by atoms with E-state index in [1.807, 2.05) is 0 Å². The first-order chi connectivity index (χ1) is 10.7. The van der Waals surface area contributed by atoms with Crippen LogP contribution in [0.15, 0.2) is 24.3 Å². The topological polar surface area (TPSA) is 92.4 Å². The van der Waals surface area contributed by atoms with Crippen LogP contribution in [-0.2, 0) is 10.0 Å². The van der Waals surface area contributed by atoms with E-state index < -0.39 is 22.6 Å². The highest BCUT2D eigenvalue weighted by atomic mass is 32.2. The summed E-state index contributed by atoms with van der Waals surface area (Å²) in [6.45, 7) is -1.99. The third-order valence-electron chi connectivity index (χ3n) is 3.83. The molecule has 0 amide bonds. The normalized spacial score (nSPS) is 20.5. The molecule has 21 heavy (non-hydrogen) atoms. The molecule has 4 N–H and O–H groups in total. The number of nitrogens with two attached hydrogens (primary N) is 1. The molecule has 1 aromatic carbocycles. The zero-order valence-corrected chi connectivity index (χ0v) is 12.8. The average molecular weight is 314 g/mol. The van der Waals surface area contributed by atoms with Gasteiger partial charge in [-0.05, 0) is 43.5 Å². The van der Waals surface area contributed by atoms with Gasteiger partial charge in [0.15, 0.2) is 0 Å². The minimum absolute atomic E-state index is 0.258. The second-order valence-corrected chi connectivity index (χ2v) is 7.42. The van der Waals surface area contributed by atoms with Gasteiger partial charge >= 0.3 is 0 Å². The molecule has 0 spiro atoms. The monoisotopic (exact) mass is 314 g/mol. The van der Waals surface area contributed by atoms with E-state index in [4.69, 9.17) is 8.48 Å². The summed E-state index contributed by atoms with van der Waals surface area (Å²) in [4.78, 5) is 0. The molecule has 1 atom stereocenters. The summed E-state index contributed by atoms with van der Waals surface area (Å²) in [7, 11) is -3.44. The summed E-state index contributed by atoms with van der Waals surface area (Å²) >= 11 is 0. The molecule has 0 radical (unpaired) electrons. The quantitative estimate of drug-likeness (QED) is 0.750. The fourth-order valence-electron chi connectivity index (χ4n) is 2.66. The van der Waals surface area contributed by atoms with Crippen molar-refractivity contribution < 1.29 is 16.3 Å². The molecule has 1 saturated carbocycles. The van der Waals surface area contributed by atoms with Gasteiger partial charge in [0.1, 0.15) is 0 Å². The second kappa shape index (κ2) is 7.24. The molecular weight excluding hydrogens is 288 g/mol. The Morgan fingerprint density at radius 3 is 2.76 bits per heavy atom. The molecule has 2 rings (SSSR count). The van der Waals surface area contributed by atoms with Crippen LogP contribution in [0.3, 0.4) is 0 Å². The van der Waals surface area contributed by atoms with Crippen LogP contribution in [0.2, 0.25) is 0 Å². The highest BCUT2D eigenvalue weighted by molar-refractivity contribution is 7.93. The summed E-state index contributed by atoms with van der Waals surface area (Å²) in [6.07, 6.45) is 2.93. The van der Waals surface area contributed by atoms with Crippen LogP contribution in [0.4, 0.5) is 5.69 Å². The van der Waals surface area contributed by atoms with Gasteiger partial charge in [0, 0.05) is 8.43 Å². The van der Waals surface area contributed by atoms with E-state index in [0.29, 0.717) is 24.1 Å². The Morgan fingerprint density at radius 2 is 2.10 bits per heavy atom. The molecule has 1 unspecified atom stereocenters. The standard InChI is InChI=1S/C15H24N2O3S/c16-10-9-15(18)12-5-4-6-13(11-12)17-21(19,20)14-7-2-1-3-8-14/h4-6,11,14-15,17-18H,1-3,7-10,16H2/i10D2. The van der Waals surface area contributed by atoms with Gasteiger partial charge in [0.25, 0.3) is 0 Å². The number of rotatable bonds is 6. The molecule has 0 aromatic heterocycles. The van der Waals surface area contributed by atoms with E-state index in [1.165, 1.54) is 6.07 Å². The maximum atomic E-state index is 12.4. The van der Waals surface area contributed by atoms with Crippen LogP contribution in [0.5, 0.6) is 0 Å². The summed E-state index contributed by atoms with van der Waals surface area (Å²) in [5.74, 6) is 0. The number of nitrogens with one attached hydrogen (secondary N) is 1. The fourth-order valence-corrected chi connectivity index (χ4v) is 4.24. The highest BCUT2D eigenvalue weighted by Crippen LogP contribution is 2.26. The van der Waals surface area contributed by atoms with Crippen LogP contribution < -0.4 is 10.5 Å². The SMILES string of the molecule is [2H]C([2H])(N)CC(O)c1cccc(NS(=O)(=O)C2CCCCC2)c1.